The van der Waals surface area contributed by atoms with Gasteiger partial charge in [-0.1, -0.05) is 0 Å². The van der Waals surface area contributed by atoms with Gasteiger partial charge < -0.3 is 9.15 Å². The van der Waals surface area contributed by atoms with Gasteiger partial charge in [0.05, 0.1) is 19.4 Å². The molecule has 0 saturated heterocycles. The molecule has 0 aliphatic heterocycles. The summed E-state index contributed by atoms with van der Waals surface area (Å²) in [7, 11) is -2.64. The van der Waals surface area contributed by atoms with Gasteiger partial charge in [-0.05, 0) is 36.9 Å². The molecule has 0 fully saturated rings. The van der Waals surface area contributed by atoms with Gasteiger partial charge in [-0.15, -0.1) is 11.3 Å². The quantitative estimate of drug-likeness (QED) is 0.852. The van der Waals surface area contributed by atoms with E-state index in [0.717, 1.165) is 11.3 Å². The maximum absolute atomic E-state index is 12.5. The van der Waals surface area contributed by atoms with E-state index in [1.165, 1.54) is 13.4 Å². The van der Waals surface area contributed by atoms with E-state index in [4.69, 9.17) is 4.42 Å². The fourth-order valence-corrected chi connectivity index (χ4v) is 4.81. The third kappa shape index (κ3) is 3.17. The monoisotopic (exact) mass is 329 g/mol. The number of carbonyl (C=O) groups is 1. The van der Waals surface area contributed by atoms with E-state index < -0.39 is 22.0 Å². The Morgan fingerprint density at radius 1 is 1.48 bits per heavy atom. The lowest BCUT2D eigenvalue weighted by molar-refractivity contribution is 0.0602. The van der Waals surface area contributed by atoms with Gasteiger partial charge in [0.15, 0.2) is 0 Å². The first-order chi connectivity index (χ1) is 9.86. The van der Waals surface area contributed by atoms with E-state index in [0.29, 0.717) is 11.3 Å². The van der Waals surface area contributed by atoms with Crippen LogP contribution in [0.25, 0.3) is 0 Å². The van der Waals surface area contributed by atoms with Gasteiger partial charge >= 0.3 is 5.97 Å². The molecule has 0 aromatic carbocycles. The summed E-state index contributed by atoms with van der Waals surface area (Å²) in [6, 6.07) is 2.81. The first-order valence-electron chi connectivity index (χ1n) is 6.09. The highest BCUT2D eigenvalue weighted by Crippen LogP contribution is 2.28. The van der Waals surface area contributed by atoms with Crippen molar-refractivity contribution in [1.29, 1.82) is 0 Å². The molecule has 1 N–H and O–H groups in total. The minimum atomic E-state index is -3.86. The van der Waals surface area contributed by atoms with Crippen LogP contribution in [0.1, 0.15) is 34.0 Å². The molecule has 0 aliphatic rings. The predicted molar refractivity (Wildman–Crippen MR) is 77.8 cm³/mol. The van der Waals surface area contributed by atoms with Crippen LogP contribution in [0.2, 0.25) is 0 Å². The molecule has 0 amide bonds. The molecule has 21 heavy (non-hydrogen) atoms. The summed E-state index contributed by atoms with van der Waals surface area (Å²) in [6.45, 7) is 3.30. The van der Waals surface area contributed by atoms with Crippen LogP contribution in [-0.4, -0.2) is 21.5 Å². The summed E-state index contributed by atoms with van der Waals surface area (Å²) in [6.07, 6.45) is 1.47. The second kappa shape index (κ2) is 6.00. The second-order valence-corrected chi connectivity index (χ2v) is 6.96. The van der Waals surface area contributed by atoms with Crippen molar-refractivity contribution in [2.75, 3.05) is 7.11 Å². The largest absolute Gasteiger partial charge is 0.468 e. The Kier molecular flexibility index (Phi) is 4.50. The van der Waals surface area contributed by atoms with Crippen molar-refractivity contribution in [2.45, 2.75) is 24.8 Å². The summed E-state index contributed by atoms with van der Waals surface area (Å²) in [5.74, 6) is -0.176. The maximum atomic E-state index is 12.5. The second-order valence-electron chi connectivity index (χ2n) is 4.43. The SMILES string of the molecule is COC(=O)c1scc(C)c1S(=O)(=O)N[C@H](C)c1ccco1. The number of ether oxygens (including phenoxy) is 1. The Morgan fingerprint density at radius 2 is 2.19 bits per heavy atom. The highest BCUT2D eigenvalue weighted by atomic mass is 32.2. The topological polar surface area (TPSA) is 85.6 Å². The molecule has 2 heterocycles. The fraction of sp³-hybridized carbons (Fsp3) is 0.308. The molecule has 2 aromatic rings. The molecule has 0 aliphatic carbocycles. The molecule has 2 aromatic heterocycles. The minimum Gasteiger partial charge on any atom is -0.468 e. The standard InChI is InChI=1S/C13H15NO5S2/c1-8-7-20-11(13(15)18-3)12(8)21(16,17)14-9(2)10-5-4-6-19-10/h4-7,9,14H,1-3H3/t9-/m1/s1. The lowest BCUT2D eigenvalue weighted by atomic mass is 10.3. The van der Waals surface area contributed by atoms with Gasteiger partial charge in [0.25, 0.3) is 0 Å². The summed E-state index contributed by atoms with van der Waals surface area (Å²) in [5.41, 5.74) is 0.500. The van der Waals surface area contributed by atoms with Crippen LogP contribution < -0.4 is 4.72 Å². The van der Waals surface area contributed by atoms with Gasteiger partial charge in [-0.3, -0.25) is 0 Å². The zero-order chi connectivity index (χ0) is 15.6. The normalized spacial score (nSPS) is 13.1. The number of nitrogens with one attached hydrogen (secondary N) is 1. The Morgan fingerprint density at radius 3 is 2.76 bits per heavy atom. The van der Waals surface area contributed by atoms with Crippen molar-refractivity contribution in [1.82, 2.24) is 4.72 Å². The molecule has 0 unspecified atom stereocenters. The molecule has 0 saturated carbocycles. The van der Waals surface area contributed by atoms with E-state index in [1.807, 2.05) is 0 Å². The van der Waals surface area contributed by atoms with E-state index in [2.05, 4.69) is 9.46 Å². The molecular formula is C13H15NO5S2. The highest BCUT2D eigenvalue weighted by Gasteiger charge is 2.29. The Bertz CT molecular complexity index is 731. The number of hydrogen-bond acceptors (Lipinski definition) is 6. The minimum absolute atomic E-state index is 0.0437. The Balaban J connectivity index is 2.36. The number of furan rings is 1. The van der Waals surface area contributed by atoms with Gasteiger partial charge in [-0.2, -0.15) is 0 Å². The third-order valence-corrected chi connectivity index (χ3v) is 5.79. The number of methoxy groups -OCH3 is 1. The highest BCUT2D eigenvalue weighted by molar-refractivity contribution is 7.89. The van der Waals surface area contributed by atoms with Gasteiger partial charge in [-0.25, -0.2) is 17.9 Å². The van der Waals surface area contributed by atoms with Gasteiger partial charge in [0.2, 0.25) is 10.0 Å². The van der Waals surface area contributed by atoms with Crippen LogP contribution in [0.15, 0.2) is 33.1 Å². The van der Waals surface area contributed by atoms with Crippen LogP contribution in [0.3, 0.4) is 0 Å². The number of aryl methyl sites for hydroxylation is 1. The van der Waals surface area contributed by atoms with Gasteiger partial charge in [0, 0.05) is 0 Å². The number of carbonyl (C=O) groups excluding carboxylic acids is 1. The zero-order valence-corrected chi connectivity index (χ0v) is 13.4. The smallest absolute Gasteiger partial charge is 0.349 e. The summed E-state index contributed by atoms with van der Waals surface area (Å²) < 4.78 is 37.3. The van der Waals surface area contributed by atoms with Crippen LogP contribution in [0.5, 0.6) is 0 Å². The number of thiophene rings is 1. The first kappa shape index (κ1) is 15.7. The summed E-state index contributed by atoms with van der Waals surface area (Å²) in [4.78, 5) is 11.7. The molecule has 0 bridgehead atoms. The van der Waals surface area contributed by atoms with E-state index in [1.54, 1.807) is 31.4 Å². The number of rotatable bonds is 5. The molecule has 0 spiro atoms. The Hall–Kier alpha value is -1.64. The van der Waals surface area contributed by atoms with E-state index in [-0.39, 0.29) is 9.77 Å². The van der Waals surface area contributed by atoms with E-state index >= 15 is 0 Å². The van der Waals surface area contributed by atoms with Gasteiger partial charge in [0.1, 0.15) is 15.5 Å². The lowest BCUT2D eigenvalue weighted by Crippen LogP contribution is -2.28. The molecule has 1 atom stereocenters. The van der Waals surface area contributed by atoms with Crippen LogP contribution in [0, 0.1) is 6.92 Å². The van der Waals surface area contributed by atoms with Crippen molar-refractivity contribution >= 4 is 27.3 Å². The molecule has 114 valence electrons. The number of esters is 1. The molecule has 8 heteroatoms. The summed E-state index contributed by atoms with van der Waals surface area (Å²) >= 11 is 1.04. The third-order valence-electron chi connectivity index (χ3n) is 2.86. The fourth-order valence-electron chi connectivity index (χ4n) is 1.89. The maximum Gasteiger partial charge on any atom is 0.349 e. The zero-order valence-electron chi connectivity index (χ0n) is 11.7. The average molecular weight is 329 g/mol. The lowest BCUT2D eigenvalue weighted by Gasteiger charge is -2.13. The van der Waals surface area contributed by atoms with Crippen molar-refractivity contribution in [3.8, 4) is 0 Å². The van der Waals surface area contributed by atoms with Crippen LogP contribution in [0.4, 0.5) is 0 Å². The molecular weight excluding hydrogens is 314 g/mol. The Labute approximate surface area is 126 Å². The molecule has 0 radical (unpaired) electrons. The molecule has 6 nitrogen and oxygen atoms in total. The number of sulfonamides is 1. The summed E-state index contributed by atoms with van der Waals surface area (Å²) in [5, 5.41) is 1.61. The van der Waals surface area contributed by atoms with Crippen molar-refractivity contribution in [3.05, 3.63) is 40.0 Å². The van der Waals surface area contributed by atoms with Crippen LogP contribution >= 0.6 is 11.3 Å². The predicted octanol–water partition coefficient (Wildman–Crippen LogP) is 2.48. The van der Waals surface area contributed by atoms with E-state index in [9.17, 15) is 13.2 Å². The average Bonchev–Trinajstić information content (AvgIpc) is 3.06. The van der Waals surface area contributed by atoms with Crippen molar-refractivity contribution in [3.63, 3.8) is 0 Å². The number of hydrogen-bond donors (Lipinski definition) is 1. The van der Waals surface area contributed by atoms with Crippen molar-refractivity contribution in [2.24, 2.45) is 0 Å². The molecule has 2 rings (SSSR count). The van der Waals surface area contributed by atoms with Crippen LogP contribution in [-0.2, 0) is 14.8 Å². The first-order valence-corrected chi connectivity index (χ1v) is 8.45. The van der Waals surface area contributed by atoms with Crippen molar-refractivity contribution < 1.29 is 22.4 Å².